The number of halogens is 2. The van der Waals surface area contributed by atoms with Gasteiger partial charge in [-0.2, -0.15) is 0 Å². The number of amides is 1. The molecule has 0 saturated carbocycles. The molecule has 0 radical (unpaired) electrons. The van der Waals surface area contributed by atoms with Gasteiger partial charge in [-0.15, -0.1) is 0 Å². The average molecular weight is 424 g/mol. The van der Waals surface area contributed by atoms with E-state index in [1.54, 1.807) is 20.8 Å². The summed E-state index contributed by atoms with van der Waals surface area (Å²) in [7, 11) is 1.90. The van der Waals surface area contributed by atoms with Gasteiger partial charge >= 0.3 is 6.09 Å². The van der Waals surface area contributed by atoms with Gasteiger partial charge < -0.3 is 20.1 Å². The lowest BCUT2D eigenvalue weighted by molar-refractivity contribution is -0.0568. The van der Waals surface area contributed by atoms with Gasteiger partial charge in [-0.3, -0.25) is 4.90 Å². The summed E-state index contributed by atoms with van der Waals surface area (Å²) in [6.07, 6.45) is -0.875. The van der Waals surface area contributed by atoms with Crippen molar-refractivity contribution in [3.63, 3.8) is 0 Å². The number of likely N-dealkylation sites (N-methyl/N-ethyl adjacent to an activating group) is 1. The molecule has 2 heterocycles. The van der Waals surface area contributed by atoms with Crippen molar-refractivity contribution >= 4 is 6.09 Å². The van der Waals surface area contributed by atoms with Gasteiger partial charge in [-0.05, 0) is 57.9 Å². The van der Waals surface area contributed by atoms with Crippen molar-refractivity contribution in [1.29, 1.82) is 0 Å². The second-order valence-corrected chi connectivity index (χ2v) is 8.98. The number of benzene rings is 1. The fraction of sp³-hybridized carbons (Fsp3) is 0.591. The van der Waals surface area contributed by atoms with Gasteiger partial charge in [0.2, 0.25) is 0 Å². The zero-order valence-electron chi connectivity index (χ0n) is 18.2. The molecule has 2 N–H and O–H groups in total. The summed E-state index contributed by atoms with van der Waals surface area (Å²) in [5.41, 5.74) is 1.86. The summed E-state index contributed by atoms with van der Waals surface area (Å²) in [5.74, 6) is -1.11. The predicted molar refractivity (Wildman–Crippen MR) is 110 cm³/mol. The summed E-state index contributed by atoms with van der Waals surface area (Å²) < 4.78 is 39.7. The maximum absolute atomic E-state index is 14.5. The molecule has 3 rings (SSSR count). The Morgan fingerprint density at radius 1 is 1.27 bits per heavy atom. The molecule has 1 aromatic carbocycles. The van der Waals surface area contributed by atoms with Gasteiger partial charge in [-0.1, -0.05) is 0 Å². The number of ether oxygens (including phenoxy) is 2. The minimum atomic E-state index is -0.801. The van der Waals surface area contributed by atoms with Crippen LogP contribution in [0.1, 0.15) is 45.8 Å². The van der Waals surface area contributed by atoms with Crippen molar-refractivity contribution < 1.29 is 23.0 Å². The van der Waals surface area contributed by atoms with E-state index in [0.717, 1.165) is 31.3 Å². The molecule has 1 aromatic rings. The maximum Gasteiger partial charge on any atom is 0.407 e. The van der Waals surface area contributed by atoms with Crippen LogP contribution in [0.5, 0.6) is 0 Å². The molecular weight excluding hydrogens is 392 g/mol. The lowest BCUT2D eigenvalue weighted by atomic mass is 9.92. The number of nitrogens with zero attached hydrogens (tertiary/aromatic N) is 1. The third-order valence-corrected chi connectivity index (χ3v) is 5.46. The van der Waals surface area contributed by atoms with Crippen molar-refractivity contribution in [2.24, 2.45) is 0 Å². The highest BCUT2D eigenvalue weighted by atomic mass is 19.1. The maximum atomic E-state index is 14.5. The van der Waals surface area contributed by atoms with Crippen LogP contribution in [0, 0.1) is 11.6 Å². The van der Waals surface area contributed by atoms with E-state index in [1.165, 1.54) is 11.3 Å². The Labute approximate surface area is 176 Å². The third kappa shape index (κ3) is 5.29. The van der Waals surface area contributed by atoms with E-state index in [0.29, 0.717) is 13.0 Å². The molecule has 2 aliphatic heterocycles. The molecule has 30 heavy (non-hydrogen) atoms. The first kappa shape index (κ1) is 22.5. The summed E-state index contributed by atoms with van der Waals surface area (Å²) in [6, 6.07) is 2.74. The molecule has 0 bridgehead atoms. The van der Waals surface area contributed by atoms with Gasteiger partial charge in [0.05, 0.1) is 12.6 Å². The molecule has 0 aromatic heterocycles. The highest BCUT2D eigenvalue weighted by molar-refractivity contribution is 5.68. The highest BCUT2D eigenvalue weighted by Crippen LogP contribution is 2.34. The number of rotatable bonds is 4. The fourth-order valence-electron chi connectivity index (χ4n) is 4.05. The minimum absolute atomic E-state index is 0.0265. The normalized spacial score (nSPS) is 25.4. The van der Waals surface area contributed by atoms with Crippen molar-refractivity contribution in [2.75, 3.05) is 26.7 Å². The van der Waals surface area contributed by atoms with Gasteiger partial charge in [0.1, 0.15) is 23.3 Å². The van der Waals surface area contributed by atoms with Crippen molar-refractivity contribution in [2.45, 2.75) is 57.9 Å². The van der Waals surface area contributed by atoms with Crippen LogP contribution < -0.4 is 10.6 Å². The number of nitrogens with one attached hydrogen (secondary N) is 2. The van der Waals surface area contributed by atoms with Crippen LogP contribution in [0.2, 0.25) is 0 Å². The largest absolute Gasteiger partial charge is 0.444 e. The summed E-state index contributed by atoms with van der Waals surface area (Å²) in [5, 5.41) is 6.05. The van der Waals surface area contributed by atoms with Crippen molar-refractivity contribution in [3.05, 3.63) is 46.7 Å². The van der Waals surface area contributed by atoms with Crippen molar-refractivity contribution in [1.82, 2.24) is 15.5 Å². The number of carbonyl (C=O) groups excluding carboxylic acids is 1. The number of hydrogen-bond acceptors (Lipinski definition) is 5. The second-order valence-electron chi connectivity index (χ2n) is 8.98. The first-order valence-corrected chi connectivity index (χ1v) is 10.2. The molecule has 1 saturated heterocycles. The molecule has 3 atom stereocenters. The first-order chi connectivity index (χ1) is 14.1. The zero-order chi connectivity index (χ0) is 22.1. The van der Waals surface area contributed by atoms with E-state index in [1.807, 2.05) is 7.05 Å². The smallest absolute Gasteiger partial charge is 0.407 e. The molecule has 1 amide bonds. The quantitative estimate of drug-likeness (QED) is 0.776. The SMILES string of the molecule is CNC1=C(C)CN([C@H]2CO[C@H](c3cc(F)ccc3F)[C@@H](NC(=O)OC(C)(C)C)C2)C1. The van der Waals surface area contributed by atoms with Gasteiger partial charge in [-0.25, -0.2) is 13.6 Å². The Hall–Kier alpha value is -2.19. The Morgan fingerprint density at radius 3 is 2.63 bits per heavy atom. The molecule has 0 unspecified atom stereocenters. The zero-order valence-corrected chi connectivity index (χ0v) is 18.2. The molecule has 8 heteroatoms. The highest BCUT2D eigenvalue weighted by Gasteiger charge is 2.39. The van der Waals surface area contributed by atoms with E-state index in [2.05, 4.69) is 22.5 Å². The number of carbonyl (C=O) groups is 1. The summed E-state index contributed by atoms with van der Waals surface area (Å²) in [4.78, 5) is 14.7. The number of alkyl carbamates (subject to hydrolysis) is 1. The second kappa shape index (κ2) is 8.89. The van der Waals surface area contributed by atoms with Crippen molar-refractivity contribution in [3.8, 4) is 0 Å². The van der Waals surface area contributed by atoms with E-state index in [9.17, 15) is 13.6 Å². The standard InChI is InChI=1S/C22H31F2N3O3/c1-13-10-27(11-19(13)25-5)15-9-18(26-21(28)30-22(2,3)4)20(29-12-15)16-8-14(23)6-7-17(16)24/h6-8,15,18,20,25H,9-12H2,1-5H3,(H,26,28)/t15-,18+,20-/m1/s1. The molecule has 0 aliphatic carbocycles. The van der Waals surface area contributed by atoms with Gasteiger partial charge in [0.25, 0.3) is 0 Å². The average Bonchev–Trinajstić information content (AvgIpc) is 3.03. The fourth-order valence-corrected chi connectivity index (χ4v) is 4.05. The third-order valence-electron chi connectivity index (χ3n) is 5.46. The van der Waals surface area contributed by atoms with Gasteiger partial charge in [0, 0.05) is 37.4 Å². The molecular formula is C22H31F2N3O3. The van der Waals surface area contributed by atoms with Crippen LogP contribution in [0.4, 0.5) is 13.6 Å². The van der Waals surface area contributed by atoms with Crippen LogP contribution >= 0.6 is 0 Å². The van der Waals surface area contributed by atoms with Crippen LogP contribution in [0.25, 0.3) is 0 Å². The summed E-state index contributed by atoms with van der Waals surface area (Å²) >= 11 is 0. The Morgan fingerprint density at radius 2 is 2.00 bits per heavy atom. The minimum Gasteiger partial charge on any atom is -0.444 e. The predicted octanol–water partition coefficient (Wildman–Crippen LogP) is 3.50. The Kier molecular flexibility index (Phi) is 6.67. The van der Waals surface area contributed by atoms with E-state index >= 15 is 0 Å². The van der Waals surface area contributed by atoms with E-state index in [4.69, 9.17) is 9.47 Å². The van der Waals surface area contributed by atoms with E-state index < -0.39 is 35.5 Å². The monoisotopic (exact) mass is 423 g/mol. The first-order valence-electron chi connectivity index (χ1n) is 10.2. The Balaban J connectivity index is 1.80. The topological polar surface area (TPSA) is 62.8 Å². The van der Waals surface area contributed by atoms with Crippen LogP contribution in [0.15, 0.2) is 29.5 Å². The summed E-state index contributed by atoms with van der Waals surface area (Å²) in [6.45, 7) is 9.31. The molecule has 6 nitrogen and oxygen atoms in total. The lowest BCUT2D eigenvalue weighted by Crippen LogP contribution is -2.52. The molecule has 2 aliphatic rings. The van der Waals surface area contributed by atoms with Gasteiger partial charge in [0.15, 0.2) is 0 Å². The molecule has 1 fully saturated rings. The number of hydrogen-bond donors (Lipinski definition) is 2. The molecule has 166 valence electrons. The lowest BCUT2D eigenvalue weighted by Gasteiger charge is -2.40. The Bertz CT molecular complexity index is 822. The van der Waals surface area contributed by atoms with E-state index in [-0.39, 0.29) is 11.6 Å². The van der Waals surface area contributed by atoms with Crippen LogP contribution in [-0.4, -0.2) is 55.4 Å². The molecule has 0 spiro atoms. The van der Waals surface area contributed by atoms with Crippen LogP contribution in [-0.2, 0) is 9.47 Å². The van der Waals surface area contributed by atoms with Crippen LogP contribution in [0.3, 0.4) is 0 Å².